The average molecular weight is 238 g/mol. The number of Topliss-reactive ketones (excluding diaryl/α,β-unsaturated/α-hetero) is 2. The van der Waals surface area contributed by atoms with Crippen molar-refractivity contribution in [3.05, 3.63) is 60.2 Å². The maximum atomic E-state index is 11.2. The van der Waals surface area contributed by atoms with Crippen LogP contribution in [0.2, 0.25) is 0 Å². The lowest BCUT2D eigenvalue weighted by Gasteiger charge is -2.10. The standard InChI is InChI=1S/C10H10O2.C6H4/c1-8(11)7-10(12)9-5-3-2-4-6-9;1-2-6-4-3-5(1)6/h2-6H,7H2,1H3;1-4H. The second kappa shape index (κ2) is 5.41. The molecule has 0 saturated heterocycles. The maximum Gasteiger partial charge on any atom is 0.170 e. The first kappa shape index (κ1) is 12.2. The smallest absolute Gasteiger partial charge is 0.170 e. The molecule has 18 heavy (non-hydrogen) atoms. The topological polar surface area (TPSA) is 34.1 Å². The second-order valence-electron chi connectivity index (χ2n) is 4.25. The van der Waals surface area contributed by atoms with Crippen LogP contribution in [0.4, 0.5) is 0 Å². The zero-order valence-electron chi connectivity index (χ0n) is 10.2. The molecule has 0 saturated carbocycles. The van der Waals surface area contributed by atoms with Crippen LogP contribution >= 0.6 is 0 Å². The van der Waals surface area contributed by atoms with Crippen LogP contribution in [0.25, 0.3) is 11.1 Å². The Balaban J connectivity index is 0.000000164. The molecule has 0 unspecified atom stereocenters. The first-order valence-corrected chi connectivity index (χ1v) is 5.85. The zero-order chi connectivity index (χ0) is 13.0. The molecule has 2 nitrogen and oxygen atoms in total. The third-order valence-electron chi connectivity index (χ3n) is 2.72. The van der Waals surface area contributed by atoms with Gasteiger partial charge in [0.05, 0.1) is 6.42 Å². The molecule has 2 aliphatic carbocycles. The van der Waals surface area contributed by atoms with Crippen molar-refractivity contribution in [1.29, 1.82) is 0 Å². The summed E-state index contributed by atoms with van der Waals surface area (Å²) in [4.78, 5) is 21.8. The molecule has 0 atom stereocenters. The molecular formula is C16H14O2. The highest BCUT2D eigenvalue weighted by Crippen LogP contribution is 2.29. The second-order valence-corrected chi connectivity index (χ2v) is 4.25. The van der Waals surface area contributed by atoms with Crippen molar-refractivity contribution >= 4 is 11.6 Å². The molecule has 0 bridgehead atoms. The van der Waals surface area contributed by atoms with Crippen LogP contribution < -0.4 is 0 Å². The Labute approximate surface area is 106 Å². The van der Waals surface area contributed by atoms with Gasteiger partial charge in [0.1, 0.15) is 5.78 Å². The van der Waals surface area contributed by atoms with Gasteiger partial charge in [-0.2, -0.15) is 0 Å². The van der Waals surface area contributed by atoms with Gasteiger partial charge in [0.15, 0.2) is 5.78 Å². The Morgan fingerprint density at radius 2 is 1.33 bits per heavy atom. The van der Waals surface area contributed by atoms with Gasteiger partial charge in [0.25, 0.3) is 0 Å². The molecule has 0 aliphatic heterocycles. The van der Waals surface area contributed by atoms with Gasteiger partial charge in [-0.05, 0) is 18.1 Å². The van der Waals surface area contributed by atoms with Crippen molar-refractivity contribution in [2.75, 3.05) is 0 Å². The minimum Gasteiger partial charge on any atom is -0.300 e. The van der Waals surface area contributed by atoms with E-state index in [0.29, 0.717) is 5.56 Å². The SMILES string of the molecule is CC(=O)CC(=O)c1ccccc1.c1cc2ccc1-2. The van der Waals surface area contributed by atoms with E-state index in [-0.39, 0.29) is 18.0 Å². The van der Waals surface area contributed by atoms with Crippen LogP contribution in [0.15, 0.2) is 54.6 Å². The molecule has 0 fully saturated rings. The van der Waals surface area contributed by atoms with Gasteiger partial charge in [-0.25, -0.2) is 0 Å². The highest BCUT2D eigenvalue weighted by molar-refractivity contribution is 6.07. The molecule has 0 heterocycles. The number of hydrogen-bond donors (Lipinski definition) is 0. The number of carbonyl (C=O) groups excluding carboxylic acids is 2. The van der Waals surface area contributed by atoms with E-state index in [1.165, 1.54) is 18.1 Å². The van der Waals surface area contributed by atoms with Crippen LogP contribution in [-0.4, -0.2) is 11.6 Å². The molecule has 0 radical (unpaired) electrons. The summed E-state index contributed by atoms with van der Waals surface area (Å²) < 4.78 is 0. The number of hydrogen-bond acceptors (Lipinski definition) is 2. The lowest BCUT2D eigenvalue weighted by molar-refractivity contribution is -0.116. The normalized spacial score (nSPS) is 10.1. The van der Waals surface area contributed by atoms with Crippen molar-refractivity contribution in [2.45, 2.75) is 13.3 Å². The fourth-order valence-corrected chi connectivity index (χ4v) is 1.61. The monoisotopic (exact) mass is 238 g/mol. The fourth-order valence-electron chi connectivity index (χ4n) is 1.61. The summed E-state index contributed by atoms with van der Waals surface area (Å²) in [5.74, 6) is -0.202. The Kier molecular flexibility index (Phi) is 3.68. The average Bonchev–Trinajstić information content (AvgIpc) is 2.35. The third kappa shape index (κ3) is 2.92. The first-order chi connectivity index (χ1) is 8.66. The summed E-state index contributed by atoms with van der Waals surface area (Å²) in [5.41, 5.74) is 3.46. The van der Waals surface area contributed by atoms with E-state index >= 15 is 0 Å². The van der Waals surface area contributed by atoms with Crippen molar-refractivity contribution in [2.24, 2.45) is 0 Å². The van der Waals surface area contributed by atoms with E-state index in [2.05, 4.69) is 24.3 Å². The molecule has 0 aromatic heterocycles. The Morgan fingerprint density at radius 1 is 0.833 bits per heavy atom. The van der Waals surface area contributed by atoms with Gasteiger partial charge in [-0.1, -0.05) is 54.6 Å². The summed E-state index contributed by atoms with van der Waals surface area (Å²) in [6, 6.07) is 17.3. The summed E-state index contributed by atoms with van der Waals surface area (Å²) in [5, 5.41) is 0. The predicted molar refractivity (Wildman–Crippen MR) is 71.5 cm³/mol. The van der Waals surface area contributed by atoms with Crippen molar-refractivity contribution in [1.82, 2.24) is 0 Å². The Bertz CT molecular complexity index is 532. The number of rotatable bonds is 3. The van der Waals surface area contributed by atoms with Crippen LogP contribution in [0.5, 0.6) is 0 Å². The largest absolute Gasteiger partial charge is 0.300 e. The molecule has 1 aromatic carbocycles. The van der Waals surface area contributed by atoms with E-state index < -0.39 is 0 Å². The van der Waals surface area contributed by atoms with Gasteiger partial charge >= 0.3 is 0 Å². The minimum absolute atomic E-state index is 0.00398. The highest BCUT2D eigenvalue weighted by atomic mass is 16.1. The molecule has 0 amide bonds. The zero-order valence-corrected chi connectivity index (χ0v) is 10.2. The molecule has 2 aliphatic rings. The number of benzene rings is 2. The van der Waals surface area contributed by atoms with Crippen molar-refractivity contribution < 1.29 is 9.59 Å². The molecule has 3 rings (SSSR count). The summed E-state index contributed by atoms with van der Waals surface area (Å²) >= 11 is 0. The van der Waals surface area contributed by atoms with Gasteiger partial charge in [-0.15, -0.1) is 0 Å². The molecule has 0 spiro atoms. The fraction of sp³-hybridized carbons (Fsp3) is 0.125. The molecule has 90 valence electrons. The Hall–Kier alpha value is -2.22. The summed E-state index contributed by atoms with van der Waals surface area (Å²) in [7, 11) is 0. The first-order valence-electron chi connectivity index (χ1n) is 5.85. The maximum absolute atomic E-state index is 11.2. The van der Waals surface area contributed by atoms with Gasteiger partial charge in [-0.3, -0.25) is 9.59 Å². The highest BCUT2D eigenvalue weighted by Gasteiger charge is 2.06. The quantitative estimate of drug-likeness (QED) is 0.517. The number of carbonyl (C=O) groups is 2. The van der Waals surface area contributed by atoms with Gasteiger partial charge < -0.3 is 0 Å². The Morgan fingerprint density at radius 3 is 1.67 bits per heavy atom. The van der Waals surface area contributed by atoms with E-state index in [0.717, 1.165) is 0 Å². The number of fused-ring (bicyclic) bond motifs is 1. The van der Waals surface area contributed by atoms with E-state index in [9.17, 15) is 9.59 Å². The van der Waals surface area contributed by atoms with Gasteiger partial charge in [0.2, 0.25) is 0 Å². The summed E-state index contributed by atoms with van der Waals surface area (Å²) in [6.07, 6.45) is 0.00398. The predicted octanol–water partition coefficient (Wildman–Crippen LogP) is 3.52. The summed E-state index contributed by atoms with van der Waals surface area (Å²) in [6.45, 7) is 1.42. The number of ketones is 2. The third-order valence-corrected chi connectivity index (χ3v) is 2.72. The molecule has 0 N–H and O–H groups in total. The van der Waals surface area contributed by atoms with E-state index in [1.54, 1.807) is 24.3 Å². The van der Waals surface area contributed by atoms with Crippen LogP contribution in [0.1, 0.15) is 23.7 Å². The minimum atomic E-state index is -0.108. The molecule has 2 heteroatoms. The van der Waals surface area contributed by atoms with Crippen molar-refractivity contribution in [3.8, 4) is 11.1 Å². The van der Waals surface area contributed by atoms with E-state index in [4.69, 9.17) is 0 Å². The lowest BCUT2D eigenvalue weighted by Crippen LogP contribution is -2.04. The van der Waals surface area contributed by atoms with Crippen LogP contribution in [0.3, 0.4) is 0 Å². The molecular weight excluding hydrogens is 224 g/mol. The van der Waals surface area contributed by atoms with Crippen LogP contribution in [-0.2, 0) is 4.79 Å². The van der Waals surface area contributed by atoms with Crippen molar-refractivity contribution in [3.63, 3.8) is 0 Å². The lowest BCUT2D eigenvalue weighted by atomic mass is 9.95. The van der Waals surface area contributed by atoms with Crippen LogP contribution in [0, 0.1) is 0 Å². The van der Waals surface area contributed by atoms with E-state index in [1.807, 2.05) is 6.07 Å². The molecule has 1 aromatic rings. The van der Waals surface area contributed by atoms with Gasteiger partial charge in [0, 0.05) is 5.56 Å².